The Morgan fingerprint density at radius 3 is 2.90 bits per heavy atom. The number of rotatable bonds is 1. The molecule has 3 nitrogen and oxygen atoms in total. The Morgan fingerprint density at radius 1 is 1.70 bits per heavy atom. The quantitative estimate of drug-likeness (QED) is 0.628. The molecular weight excluding hydrogens is 154 g/mol. The summed E-state index contributed by atoms with van der Waals surface area (Å²) in [7, 11) is 0. The molecule has 2 N–H and O–H groups in total. The molecule has 1 heterocycles. The summed E-state index contributed by atoms with van der Waals surface area (Å²) in [4.78, 5) is 13.0. The molecule has 0 aliphatic heterocycles. The van der Waals surface area contributed by atoms with E-state index in [1.165, 1.54) is 12.3 Å². The van der Waals surface area contributed by atoms with Crippen LogP contribution in [-0.2, 0) is 6.61 Å². The molecule has 0 atom stereocenters. The highest BCUT2D eigenvalue weighted by Crippen LogP contribution is 2.10. The van der Waals surface area contributed by atoms with E-state index in [-0.39, 0.29) is 12.2 Å². The van der Waals surface area contributed by atoms with Gasteiger partial charge in [0.25, 0.3) is 0 Å². The molecule has 1 aromatic heterocycles. The van der Waals surface area contributed by atoms with Crippen LogP contribution in [0.1, 0.15) is 5.56 Å². The van der Waals surface area contributed by atoms with Crippen LogP contribution in [-0.4, -0.2) is 10.1 Å². The first-order valence-electron chi connectivity index (χ1n) is 2.72. The van der Waals surface area contributed by atoms with Crippen molar-refractivity contribution in [1.29, 1.82) is 0 Å². The number of H-pyrrole nitrogens is 1. The van der Waals surface area contributed by atoms with E-state index in [2.05, 4.69) is 4.98 Å². The van der Waals surface area contributed by atoms with Crippen molar-refractivity contribution < 1.29 is 5.11 Å². The van der Waals surface area contributed by atoms with Gasteiger partial charge >= 0.3 is 0 Å². The van der Waals surface area contributed by atoms with Crippen LogP contribution >= 0.6 is 11.6 Å². The van der Waals surface area contributed by atoms with Crippen molar-refractivity contribution in [2.75, 3.05) is 0 Å². The molecular formula is C6H6ClNO2. The maximum Gasteiger partial charge on any atom is 0.248 e. The van der Waals surface area contributed by atoms with E-state index in [9.17, 15) is 4.79 Å². The van der Waals surface area contributed by atoms with Gasteiger partial charge in [0.05, 0.1) is 11.6 Å². The standard InChI is InChI=1S/C6H6ClNO2/c7-5-2-8-6(10)1-4(5)3-9/h1-2,9H,3H2,(H,8,10). The van der Waals surface area contributed by atoms with Gasteiger partial charge in [0, 0.05) is 17.8 Å². The first-order chi connectivity index (χ1) is 4.74. The lowest BCUT2D eigenvalue weighted by Gasteiger charge is -1.95. The second-order valence-electron chi connectivity index (χ2n) is 1.83. The van der Waals surface area contributed by atoms with Crippen LogP contribution in [0.2, 0.25) is 5.02 Å². The van der Waals surface area contributed by atoms with Gasteiger partial charge in [-0.15, -0.1) is 0 Å². The summed E-state index contributed by atoms with van der Waals surface area (Å²) in [6.45, 7) is -0.206. The molecule has 0 aliphatic carbocycles. The van der Waals surface area contributed by atoms with E-state index in [4.69, 9.17) is 16.7 Å². The van der Waals surface area contributed by atoms with Gasteiger partial charge in [-0.2, -0.15) is 0 Å². The van der Waals surface area contributed by atoms with E-state index in [1.54, 1.807) is 0 Å². The monoisotopic (exact) mass is 159 g/mol. The Kier molecular flexibility index (Phi) is 2.09. The number of aliphatic hydroxyl groups excluding tert-OH is 1. The highest BCUT2D eigenvalue weighted by molar-refractivity contribution is 6.31. The fraction of sp³-hybridized carbons (Fsp3) is 0.167. The first kappa shape index (κ1) is 7.31. The average Bonchev–Trinajstić information content (AvgIpc) is 1.94. The number of halogens is 1. The molecule has 1 rings (SSSR count). The van der Waals surface area contributed by atoms with Crippen LogP contribution in [0.15, 0.2) is 17.1 Å². The van der Waals surface area contributed by atoms with Crippen LogP contribution in [0.25, 0.3) is 0 Å². The maximum absolute atomic E-state index is 10.6. The largest absolute Gasteiger partial charge is 0.392 e. The van der Waals surface area contributed by atoms with E-state index < -0.39 is 0 Å². The van der Waals surface area contributed by atoms with Crippen molar-refractivity contribution >= 4 is 11.6 Å². The Hall–Kier alpha value is -0.800. The predicted molar refractivity (Wildman–Crippen MR) is 38.0 cm³/mol. The summed E-state index contributed by atoms with van der Waals surface area (Å²) in [5.74, 6) is 0. The van der Waals surface area contributed by atoms with Crippen LogP contribution < -0.4 is 5.56 Å². The van der Waals surface area contributed by atoms with Crippen LogP contribution in [0, 0.1) is 0 Å². The molecule has 0 spiro atoms. The van der Waals surface area contributed by atoms with E-state index in [1.807, 2.05) is 0 Å². The second kappa shape index (κ2) is 2.86. The molecule has 0 fully saturated rings. The minimum absolute atomic E-state index is 0.206. The second-order valence-corrected chi connectivity index (χ2v) is 2.24. The molecule has 0 saturated carbocycles. The zero-order valence-corrected chi connectivity index (χ0v) is 5.85. The molecule has 0 aromatic carbocycles. The van der Waals surface area contributed by atoms with E-state index >= 15 is 0 Å². The number of hydrogen-bond acceptors (Lipinski definition) is 2. The minimum atomic E-state index is -0.256. The summed E-state index contributed by atoms with van der Waals surface area (Å²) < 4.78 is 0. The highest BCUT2D eigenvalue weighted by Gasteiger charge is 1.97. The normalized spacial score (nSPS) is 9.80. The lowest BCUT2D eigenvalue weighted by molar-refractivity contribution is 0.281. The zero-order valence-electron chi connectivity index (χ0n) is 5.10. The van der Waals surface area contributed by atoms with Crippen molar-refractivity contribution in [3.05, 3.63) is 33.2 Å². The van der Waals surface area contributed by atoms with Crippen molar-refractivity contribution in [3.63, 3.8) is 0 Å². The third-order valence-electron chi connectivity index (χ3n) is 1.12. The number of nitrogens with one attached hydrogen (secondary N) is 1. The Morgan fingerprint density at radius 2 is 2.40 bits per heavy atom. The zero-order chi connectivity index (χ0) is 7.56. The van der Waals surface area contributed by atoms with Crippen LogP contribution in [0.4, 0.5) is 0 Å². The molecule has 0 amide bonds. The third-order valence-corrected chi connectivity index (χ3v) is 1.48. The number of aromatic nitrogens is 1. The molecule has 0 unspecified atom stereocenters. The lowest BCUT2D eigenvalue weighted by Crippen LogP contribution is -2.04. The van der Waals surface area contributed by atoms with E-state index in [0.717, 1.165) is 0 Å². The van der Waals surface area contributed by atoms with Gasteiger partial charge < -0.3 is 10.1 Å². The van der Waals surface area contributed by atoms with E-state index in [0.29, 0.717) is 10.6 Å². The molecule has 1 aromatic rings. The highest BCUT2D eigenvalue weighted by atomic mass is 35.5. The molecule has 0 saturated heterocycles. The first-order valence-corrected chi connectivity index (χ1v) is 3.10. The van der Waals surface area contributed by atoms with Gasteiger partial charge in [-0.05, 0) is 0 Å². The summed E-state index contributed by atoms with van der Waals surface area (Å²) in [5.41, 5.74) is 0.193. The van der Waals surface area contributed by atoms with Crippen molar-refractivity contribution in [3.8, 4) is 0 Å². The fourth-order valence-electron chi connectivity index (χ4n) is 0.617. The number of aromatic amines is 1. The number of pyridine rings is 1. The average molecular weight is 160 g/mol. The molecule has 0 aliphatic rings. The summed E-state index contributed by atoms with van der Waals surface area (Å²) in [5, 5.41) is 8.98. The maximum atomic E-state index is 10.6. The van der Waals surface area contributed by atoms with Crippen LogP contribution in [0.3, 0.4) is 0 Å². The predicted octanol–water partition coefficient (Wildman–Crippen LogP) is 0.521. The van der Waals surface area contributed by atoms with Gasteiger partial charge in [-0.25, -0.2) is 0 Å². The molecule has 54 valence electrons. The summed E-state index contributed by atoms with van der Waals surface area (Å²) >= 11 is 5.57. The van der Waals surface area contributed by atoms with Gasteiger partial charge in [-0.3, -0.25) is 4.79 Å². The SMILES string of the molecule is O=c1cc(CO)c(Cl)c[nH]1. The number of hydrogen-bond donors (Lipinski definition) is 2. The Balaban J connectivity index is 3.22. The van der Waals surface area contributed by atoms with Crippen molar-refractivity contribution in [2.24, 2.45) is 0 Å². The van der Waals surface area contributed by atoms with Crippen molar-refractivity contribution in [1.82, 2.24) is 4.98 Å². The Labute approximate surface area is 62.3 Å². The van der Waals surface area contributed by atoms with Crippen molar-refractivity contribution in [2.45, 2.75) is 6.61 Å². The van der Waals surface area contributed by atoms with Gasteiger partial charge in [0.1, 0.15) is 0 Å². The smallest absolute Gasteiger partial charge is 0.248 e. The molecule has 0 bridgehead atoms. The van der Waals surface area contributed by atoms with Gasteiger partial charge in [0.15, 0.2) is 0 Å². The molecule has 4 heteroatoms. The van der Waals surface area contributed by atoms with Gasteiger partial charge in [0.2, 0.25) is 5.56 Å². The number of aliphatic hydroxyl groups is 1. The summed E-state index contributed by atoms with van der Waals surface area (Å²) in [6, 6.07) is 1.27. The van der Waals surface area contributed by atoms with Gasteiger partial charge in [-0.1, -0.05) is 11.6 Å². The topological polar surface area (TPSA) is 53.1 Å². The summed E-state index contributed by atoms with van der Waals surface area (Å²) in [6.07, 6.45) is 1.36. The molecule has 0 radical (unpaired) electrons. The molecule has 10 heavy (non-hydrogen) atoms. The fourth-order valence-corrected chi connectivity index (χ4v) is 0.786. The Bertz CT molecular complexity index is 281. The third kappa shape index (κ3) is 1.37. The van der Waals surface area contributed by atoms with Crippen LogP contribution in [0.5, 0.6) is 0 Å². The minimum Gasteiger partial charge on any atom is -0.392 e. The lowest BCUT2D eigenvalue weighted by atomic mass is 10.3.